The Labute approximate surface area is 767 Å². The molecule has 4 rings (SSSR count). The Bertz CT molecular complexity index is 2660. The molecule has 764 valence electrons. The first-order valence-corrected chi connectivity index (χ1v) is 35.4. The van der Waals surface area contributed by atoms with E-state index < -0.39 is 42.8 Å². The Morgan fingerprint density at radius 2 is 0.768 bits per heavy atom. The van der Waals surface area contributed by atoms with Gasteiger partial charge in [0.1, 0.15) is 36.9 Å². The molecule has 0 saturated carbocycles. The number of esters is 5. The number of carbonyl (C=O) groups is 7. The number of hydrogen-bond donors (Lipinski definition) is 15. The van der Waals surface area contributed by atoms with Gasteiger partial charge in [-0.15, -0.1) is 0 Å². The molecule has 0 fully saturated rings. The number of quaternary nitrogens is 1. The van der Waals surface area contributed by atoms with E-state index in [-0.39, 0.29) is 217 Å². The maximum atomic E-state index is 10.8. The Balaban J connectivity index is -0.0000000350. The zero-order chi connectivity index (χ0) is 88.5. The van der Waals surface area contributed by atoms with Crippen LogP contribution in [-0.2, 0) is 75.1 Å². The molecule has 20 N–H and O–H groups in total. The van der Waals surface area contributed by atoms with Crippen molar-refractivity contribution in [2.45, 2.75) is 325 Å². The lowest BCUT2D eigenvalue weighted by atomic mass is 9.98. The molecule has 0 amide bonds. The molecular formula is C93H207N6O26+. The Morgan fingerprint density at radius 3 is 0.976 bits per heavy atom. The van der Waals surface area contributed by atoms with E-state index >= 15 is 0 Å². The Morgan fingerprint density at radius 1 is 0.440 bits per heavy atom. The summed E-state index contributed by atoms with van der Waals surface area (Å²) < 4.78 is 42.7. The van der Waals surface area contributed by atoms with Crippen molar-refractivity contribution in [2.24, 2.45) is 34.1 Å². The molecular weight excluding hydrogens is 1620 g/mol. The van der Waals surface area contributed by atoms with Crippen LogP contribution in [0, 0.1) is 5.41 Å². The average molecular weight is 1830 g/mol. The summed E-state index contributed by atoms with van der Waals surface area (Å²) in [5.74, 6) is 0.115. The molecule has 0 bridgehead atoms. The predicted molar refractivity (Wildman–Crippen MR) is 530 cm³/mol. The zero-order valence-corrected chi connectivity index (χ0v) is 70.4. The quantitative estimate of drug-likeness (QED) is 0.0159. The van der Waals surface area contributed by atoms with Crippen LogP contribution < -0.4 is 38.1 Å². The summed E-state index contributed by atoms with van der Waals surface area (Å²) in [6.45, 7) is 41.2. The maximum Gasteiger partial charge on any atom is 0.510 e. The van der Waals surface area contributed by atoms with E-state index in [1.807, 2.05) is 94.3 Å². The zero-order valence-electron chi connectivity index (χ0n) is 70.4. The van der Waals surface area contributed by atoms with E-state index in [1.54, 1.807) is 167 Å². The Kier molecular flexibility index (Phi) is 200. The van der Waals surface area contributed by atoms with Crippen LogP contribution in [0.3, 0.4) is 0 Å². The van der Waals surface area contributed by atoms with Gasteiger partial charge in [0, 0.05) is 18.2 Å². The molecule has 0 heterocycles. The normalized spacial score (nSPS) is 8.94. The highest BCUT2D eigenvalue weighted by Crippen LogP contribution is 2.24. The van der Waals surface area contributed by atoms with Crippen molar-refractivity contribution in [2.75, 3.05) is 93.9 Å². The Hall–Kier alpha value is -8.19. The van der Waals surface area contributed by atoms with Crippen molar-refractivity contribution in [3.8, 4) is 23.0 Å². The number of aliphatic hydroxyl groups is 8. The van der Waals surface area contributed by atoms with E-state index in [0.717, 1.165) is 27.9 Å². The molecule has 2 unspecified atom stereocenters. The highest BCUT2D eigenvalue weighted by molar-refractivity contribution is 5.76. The van der Waals surface area contributed by atoms with E-state index in [9.17, 15) is 28.8 Å². The molecule has 32 heteroatoms. The van der Waals surface area contributed by atoms with Crippen molar-refractivity contribution in [1.82, 2.24) is 0 Å². The van der Waals surface area contributed by atoms with Crippen molar-refractivity contribution in [3.63, 3.8) is 0 Å². The van der Waals surface area contributed by atoms with E-state index in [4.69, 9.17) is 103 Å². The van der Waals surface area contributed by atoms with Gasteiger partial charge in [-0.2, -0.15) is 0 Å². The van der Waals surface area contributed by atoms with E-state index in [1.165, 1.54) is 0 Å². The summed E-state index contributed by atoms with van der Waals surface area (Å²) in [7, 11) is 6.16. The smallest absolute Gasteiger partial charge is 0.508 e. The number of para-hydroxylation sites is 4. The number of carbonyl (C=O) groups excluding carboxylic acids is 7. The summed E-state index contributed by atoms with van der Waals surface area (Å²) in [5.41, 5.74) is 26.0. The summed E-state index contributed by atoms with van der Waals surface area (Å²) in [6, 6.07) is 31.7. The minimum Gasteiger partial charge on any atom is -0.508 e. The second kappa shape index (κ2) is 131. The fraction of sp³-hybridized carbons (Fsp3) is 0.667. The third-order valence-electron chi connectivity index (χ3n) is 9.44. The van der Waals surface area contributed by atoms with Gasteiger partial charge in [0.25, 0.3) is 0 Å². The summed E-state index contributed by atoms with van der Waals surface area (Å²) in [6.07, 6.45) is -0.762. The van der Waals surface area contributed by atoms with E-state index in [0.29, 0.717) is 44.3 Å². The molecule has 0 saturated heterocycles. The number of phenols is 2. The van der Waals surface area contributed by atoms with Crippen LogP contribution in [0.15, 0.2) is 109 Å². The molecule has 4 aromatic carbocycles. The molecule has 0 aliphatic rings. The minimum absolute atomic E-state index is 0. The van der Waals surface area contributed by atoms with Crippen LogP contribution in [0.25, 0.3) is 0 Å². The molecule has 32 nitrogen and oxygen atoms in total. The largest absolute Gasteiger partial charge is 0.510 e. The van der Waals surface area contributed by atoms with Crippen LogP contribution in [0.4, 0.5) is 4.79 Å². The standard InChI is InChI=1S/C9H12O2.C8H10O2.C7H15NO2.C7H8O.C6H13NO2.C6H12O3.C6H6O.C5H11NO2.C5H14NO.C5H10O4.C4H9NO2.C4H10O.C3H8O.C2H7NO.CH2O.15CH4/c1-2-11-9-6-4-3-5-8(9)7-10;1-2-10-8-6-4-3-5-7(8)9;1-4-6(8)7(9)10-5(2)3;8-6-7-4-2-1-3-5-7;1-4(2)9-6(8)5(3)7;1-6(2,3)5(8)9-4-7;7-6-4-2-1-3-5-6;1-4(2)8-5(7)3-6;1-6(2,3)4-5-7;1-4(2)9-5(7)8-3-6;1-2-7-4(6)3-5;1-4(2,3)5;1-3(2)4;3-1-2-4;1-2;;;;;;;;;;;;;;;/h3-6,10H,2,7H2,1H3;3-6,9H,2H2,1H3;5-6H,4,8H2,1-3H3;1-5,8H,6H2;4-5H,7H2,1-3H3;7H,4H2,1-3H3;1-5,7H;4H,3,6H2,1-2H3;7H,4-5H2,1-3H3;4,6H,3H2,1-2H3;2-3,5H2,1H3;5H,1-3H3;3-4H,1-2H3;4H,1-3H2;1H2;15*1H4/q;;;;;;;;+1;;;;;;;;;;;;;;;;;;;;;. The van der Waals surface area contributed by atoms with E-state index in [2.05, 4.69) is 44.8 Å². The number of ether oxygens (including phenoxy) is 9. The highest BCUT2D eigenvalue weighted by Gasteiger charge is 2.22. The lowest BCUT2D eigenvalue weighted by Crippen LogP contribution is -2.36. The molecule has 4 aromatic rings. The van der Waals surface area contributed by atoms with Gasteiger partial charge >= 0.3 is 36.0 Å². The number of likely N-dealkylation sites (N-methyl/N-ethyl adjacent to an activating group) is 1. The summed E-state index contributed by atoms with van der Waals surface area (Å²) >= 11 is 0. The maximum absolute atomic E-state index is 10.8. The third-order valence-corrected chi connectivity index (χ3v) is 9.44. The minimum atomic E-state index is -0.840. The van der Waals surface area contributed by atoms with Crippen molar-refractivity contribution >= 4 is 42.8 Å². The van der Waals surface area contributed by atoms with Gasteiger partial charge in [0.15, 0.2) is 25.1 Å². The molecule has 0 aliphatic heterocycles. The van der Waals surface area contributed by atoms with Gasteiger partial charge in [0.2, 0.25) is 0 Å². The van der Waals surface area contributed by atoms with Gasteiger partial charge in [-0.1, -0.05) is 197 Å². The van der Waals surface area contributed by atoms with Gasteiger partial charge in [-0.3, -0.25) is 24.0 Å². The van der Waals surface area contributed by atoms with Crippen LogP contribution in [0.2, 0.25) is 0 Å². The lowest BCUT2D eigenvalue weighted by molar-refractivity contribution is -0.870. The van der Waals surface area contributed by atoms with Crippen LogP contribution in [0.5, 0.6) is 23.0 Å². The third kappa shape index (κ3) is 186. The average Bonchev–Trinajstić information content (AvgIpc) is 0.913. The van der Waals surface area contributed by atoms with Crippen LogP contribution >= 0.6 is 0 Å². The van der Waals surface area contributed by atoms with Gasteiger partial charge < -0.3 is 132 Å². The second-order valence-corrected chi connectivity index (χ2v) is 25.6. The van der Waals surface area contributed by atoms with Crippen molar-refractivity contribution in [3.05, 3.63) is 120 Å². The van der Waals surface area contributed by atoms with Crippen LogP contribution in [-0.4, -0.2) is 240 Å². The summed E-state index contributed by atoms with van der Waals surface area (Å²) in [5, 5.41) is 84.0. The van der Waals surface area contributed by atoms with Crippen molar-refractivity contribution < 1.29 is 132 Å². The molecule has 0 radical (unpaired) electrons. The number of aliphatic hydroxyl groups excluding tert-OH is 7. The number of phenolic OH excluding ortho intramolecular Hbond substituents is 2. The topological polar surface area (TPSA) is 535 Å². The molecule has 125 heavy (non-hydrogen) atoms. The number of aromatic hydroxyl groups is 2. The number of benzene rings is 4. The molecule has 0 aliphatic carbocycles. The van der Waals surface area contributed by atoms with Gasteiger partial charge in [-0.05, 0) is 181 Å². The van der Waals surface area contributed by atoms with Gasteiger partial charge in [-0.25, -0.2) is 4.79 Å². The number of nitrogens with zero attached hydrogens (tertiary/aromatic N) is 1. The molecule has 2 atom stereocenters. The number of nitrogens with two attached hydrogens (primary N) is 5. The molecule has 0 spiro atoms. The monoisotopic (exact) mass is 1820 g/mol. The predicted octanol–water partition coefficient (Wildman–Crippen LogP) is 16.5. The van der Waals surface area contributed by atoms with Gasteiger partial charge in [0.05, 0.1) is 116 Å². The van der Waals surface area contributed by atoms with Crippen molar-refractivity contribution in [1.29, 1.82) is 0 Å². The second-order valence-electron chi connectivity index (χ2n) is 25.6. The SMILES string of the molecule is C.C.C.C.C.C.C.C.C.C.C.C.C.C.C.C=O.CC(C)(C)C(=O)OCO.CC(C)(C)O.CC(C)O.CC(C)OC(=O)C(C)N.CC(C)OC(=O)CN.CC(C)OC(=O)OCO.CCC(N)C(=O)OC(C)C.CCOC(=O)CN.CCOc1ccccc1CO.CCOc1ccccc1O.C[N+](C)(C)CCO.NCCO.OCc1ccccc1.Oc1ccccc1. The highest BCUT2D eigenvalue weighted by atomic mass is 16.8. The van der Waals surface area contributed by atoms with Crippen LogP contribution in [0.1, 0.15) is 274 Å². The molecule has 0 aromatic heterocycles. The number of hydrogen-bond acceptors (Lipinski definition) is 31. The summed E-state index contributed by atoms with van der Waals surface area (Å²) in [4.78, 5) is 70.7. The first-order chi connectivity index (χ1) is 51.0. The fourth-order valence-electron chi connectivity index (χ4n) is 4.89. The fourth-order valence-corrected chi connectivity index (χ4v) is 4.89. The first-order valence-electron chi connectivity index (χ1n) is 35.4. The number of rotatable bonds is 21. The first kappa shape index (κ1) is 190. The lowest BCUT2D eigenvalue weighted by Gasteiger charge is -2.21.